The van der Waals surface area contributed by atoms with Crippen LogP contribution in [0.1, 0.15) is 12.0 Å². The van der Waals surface area contributed by atoms with Crippen molar-refractivity contribution in [3.05, 3.63) is 23.8 Å². The van der Waals surface area contributed by atoms with Gasteiger partial charge in [-0.2, -0.15) is 0 Å². The van der Waals surface area contributed by atoms with Crippen molar-refractivity contribution in [3.63, 3.8) is 0 Å². The molecular weight excluding hydrogens is 284 g/mol. The monoisotopic (exact) mass is 306 g/mol. The number of carbonyl (C=O) groups is 1. The third kappa shape index (κ3) is 3.18. The first-order valence-electron chi connectivity index (χ1n) is 7.49. The molecule has 1 fully saturated rings. The predicted octanol–water partition coefficient (Wildman–Crippen LogP) is 0.483. The van der Waals surface area contributed by atoms with Gasteiger partial charge in [-0.25, -0.2) is 0 Å². The highest BCUT2D eigenvalue weighted by molar-refractivity contribution is 5.79. The number of ether oxygens (including phenoxy) is 2. The fourth-order valence-electron chi connectivity index (χ4n) is 3.12. The molecule has 2 heterocycles. The highest BCUT2D eigenvalue weighted by Gasteiger charge is 2.38. The second-order valence-corrected chi connectivity index (χ2v) is 6.39. The number of likely N-dealkylation sites (tertiary alicyclic amines) is 1. The molecule has 1 aromatic rings. The van der Waals surface area contributed by atoms with Crippen LogP contribution in [0, 0.1) is 0 Å². The molecule has 1 saturated heterocycles. The van der Waals surface area contributed by atoms with Gasteiger partial charge in [-0.3, -0.25) is 4.79 Å². The van der Waals surface area contributed by atoms with Gasteiger partial charge in [-0.05, 0) is 38.2 Å². The summed E-state index contributed by atoms with van der Waals surface area (Å²) in [4.78, 5) is 16.1. The topological polar surface area (TPSA) is 62.2 Å². The fraction of sp³-hybridized carbons (Fsp3) is 0.562. The molecule has 120 valence electrons. The Morgan fingerprint density at radius 1 is 1.36 bits per heavy atom. The molecular formula is C16H22N2O4. The summed E-state index contributed by atoms with van der Waals surface area (Å²) in [5.74, 6) is 1.45. The van der Waals surface area contributed by atoms with Crippen molar-refractivity contribution < 1.29 is 19.4 Å². The molecule has 2 aliphatic rings. The Hall–Kier alpha value is -1.79. The van der Waals surface area contributed by atoms with Gasteiger partial charge >= 0.3 is 0 Å². The van der Waals surface area contributed by atoms with Crippen LogP contribution >= 0.6 is 0 Å². The second kappa shape index (κ2) is 5.78. The number of hydrogen-bond acceptors (Lipinski definition) is 5. The van der Waals surface area contributed by atoms with E-state index in [0.29, 0.717) is 38.2 Å². The lowest BCUT2D eigenvalue weighted by atomic mass is 10.0. The number of likely N-dealkylation sites (N-methyl/N-ethyl adjacent to an activating group) is 1. The molecule has 1 aromatic carbocycles. The summed E-state index contributed by atoms with van der Waals surface area (Å²) in [6.07, 6.45) is 0.937. The minimum absolute atomic E-state index is 0.0357. The number of benzene rings is 1. The minimum atomic E-state index is -0.798. The summed E-state index contributed by atoms with van der Waals surface area (Å²) in [6.45, 7) is 1.81. The lowest BCUT2D eigenvalue weighted by molar-refractivity contribution is -0.130. The fourth-order valence-corrected chi connectivity index (χ4v) is 3.12. The number of β-amino-alcohol motifs (C(OH)–C–C–N with tert-alkyl or cyclic N) is 1. The SMILES string of the molecule is CN(C)C[C@@]1(O)CCN(C(=O)Cc2ccc3c(c2)OCO3)C1. The summed E-state index contributed by atoms with van der Waals surface area (Å²) in [5.41, 5.74) is 0.103. The Morgan fingerprint density at radius 2 is 2.14 bits per heavy atom. The molecule has 0 radical (unpaired) electrons. The lowest BCUT2D eigenvalue weighted by Gasteiger charge is -2.26. The number of amides is 1. The lowest BCUT2D eigenvalue weighted by Crippen LogP contribution is -2.43. The number of fused-ring (bicyclic) bond motifs is 1. The normalized spacial score (nSPS) is 23.4. The number of rotatable bonds is 4. The molecule has 0 aliphatic carbocycles. The standard InChI is InChI=1S/C16H22N2O4/c1-17(2)9-16(20)5-6-18(10-16)15(19)8-12-3-4-13-14(7-12)22-11-21-13/h3-4,7,20H,5-6,8-11H2,1-2H3/t16-/m0/s1. The summed E-state index contributed by atoms with van der Waals surface area (Å²) in [5, 5.41) is 10.5. The Kier molecular flexibility index (Phi) is 3.97. The smallest absolute Gasteiger partial charge is 0.231 e. The molecule has 1 amide bonds. The van der Waals surface area contributed by atoms with E-state index in [9.17, 15) is 9.90 Å². The van der Waals surface area contributed by atoms with Gasteiger partial charge < -0.3 is 24.4 Å². The summed E-state index contributed by atoms with van der Waals surface area (Å²) in [7, 11) is 3.85. The first kappa shape index (κ1) is 15.1. The van der Waals surface area contributed by atoms with Crippen molar-refractivity contribution in [3.8, 4) is 11.5 Å². The van der Waals surface area contributed by atoms with Crippen LogP contribution in [-0.2, 0) is 11.2 Å². The van der Waals surface area contributed by atoms with Gasteiger partial charge in [0.1, 0.15) is 0 Å². The van der Waals surface area contributed by atoms with Crippen molar-refractivity contribution >= 4 is 5.91 Å². The van der Waals surface area contributed by atoms with Crippen molar-refractivity contribution in [2.75, 3.05) is 40.5 Å². The molecule has 6 heteroatoms. The molecule has 2 aliphatic heterocycles. The quantitative estimate of drug-likeness (QED) is 0.877. The first-order valence-corrected chi connectivity index (χ1v) is 7.49. The zero-order valence-corrected chi connectivity index (χ0v) is 13.0. The van der Waals surface area contributed by atoms with Crippen LogP contribution in [-0.4, -0.2) is 66.9 Å². The Morgan fingerprint density at radius 3 is 2.91 bits per heavy atom. The van der Waals surface area contributed by atoms with Gasteiger partial charge in [0.05, 0.1) is 18.6 Å². The van der Waals surface area contributed by atoms with Crippen molar-refractivity contribution in [1.29, 1.82) is 0 Å². The zero-order valence-electron chi connectivity index (χ0n) is 13.0. The number of nitrogens with zero attached hydrogens (tertiary/aromatic N) is 2. The van der Waals surface area contributed by atoms with Crippen LogP contribution in [0.2, 0.25) is 0 Å². The van der Waals surface area contributed by atoms with Crippen LogP contribution < -0.4 is 9.47 Å². The van der Waals surface area contributed by atoms with E-state index in [4.69, 9.17) is 9.47 Å². The minimum Gasteiger partial charge on any atom is -0.454 e. The van der Waals surface area contributed by atoms with E-state index in [-0.39, 0.29) is 12.7 Å². The molecule has 0 unspecified atom stereocenters. The second-order valence-electron chi connectivity index (χ2n) is 6.39. The van der Waals surface area contributed by atoms with E-state index in [2.05, 4.69) is 0 Å². The summed E-state index contributed by atoms with van der Waals surface area (Å²) < 4.78 is 10.6. The molecule has 0 saturated carbocycles. The predicted molar refractivity (Wildman–Crippen MR) is 81.0 cm³/mol. The molecule has 6 nitrogen and oxygen atoms in total. The molecule has 22 heavy (non-hydrogen) atoms. The average Bonchev–Trinajstić information content (AvgIpc) is 3.04. The molecule has 0 bridgehead atoms. The van der Waals surface area contributed by atoms with Gasteiger partial charge in [0.25, 0.3) is 0 Å². The maximum atomic E-state index is 12.4. The van der Waals surface area contributed by atoms with Crippen LogP contribution in [0.15, 0.2) is 18.2 Å². The van der Waals surface area contributed by atoms with E-state index in [1.165, 1.54) is 0 Å². The molecule has 3 rings (SSSR count). The van der Waals surface area contributed by atoms with E-state index in [1.54, 1.807) is 4.90 Å². The molecule has 1 atom stereocenters. The van der Waals surface area contributed by atoms with Crippen LogP contribution in [0.25, 0.3) is 0 Å². The van der Waals surface area contributed by atoms with Crippen molar-refractivity contribution in [1.82, 2.24) is 9.80 Å². The molecule has 0 aromatic heterocycles. The van der Waals surface area contributed by atoms with E-state index in [0.717, 1.165) is 11.3 Å². The third-order valence-electron chi connectivity index (χ3n) is 4.09. The van der Waals surface area contributed by atoms with Gasteiger partial charge in [0.15, 0.2) is 11.5 Å². The van der Waals surface area contributed by atoms with E-state index in [1.807, 2.05) is 37.2 Å². The van der Waals surface area contributed by atoms with Crippen LogP contribution in [0.4, 0.5) is 0 Å². The Bertz CT molecular complexity index is 575. The average molecular weight is 306 g/mol. The van der Waals surface area contributed by atoms with Crippen LogP contribution in [0.5, 0.6) is 11.5 Å². The number of carbonyl (C=O) groups excluding carboxylic acids is 1. The summed E-state index contributed by atoms with van der Waals surface area (Å²) >= 11 is 0. The largest absolute Gasteiger partial charge is 0.454 e. The van der Waals surface area contributed by atoms with E-state index >= 15 is 0 Å². The number of aliphatic hydroxyl groups is 1. The van der Waals surface area contributed by atoms with Gasteiger partial charge in [-0.15, -0.1) is 0 Å². The van der Waals surface area contributed by atoms with Gasteiger partial charge in [0, 0.05) is 13.1 Å². The Labute approximate surface area is 130 Å². The first-order chi connectivity index (χ1) is 10.5. The highest BCUT2D eigenvalue weighted by atomic mass is 16.7. The molecule has 1 N–H and O–H groups in total. The van der Waals surface area contributed by atoms with Crippen LogP contribution in [0.3, 0.4) is 0 Å². The Balaban J connectivity index is 1.61. The highest BCUT2D eigenvalue weighted by Crippen LogP contribution is 2.33. The maximum absolute atomic E-state index is 12.4. The number of hydrogen-bond donors (Lipinski definition) is 1. The van der Waals surface area contributed by atoms with Gasteiger partial charge in [-0.1, -0.05) is 6.07 Å². The molecule has 0 spiro atoms. The van der Waals surface area contributed by atoms with Gasteiger partial charge in [0.2, 0.25) is 12.7 Å². The van der Waals surface area contributed by atoms with Crippen molar-refractivity contribution in [2.24, 2.45) is 0 Å². The summed E-state index contributed by atoms with van der Waals surface area (Å²) in [6, 6.07) is 5.56. The van der Waals surface area contributed by atoms with E-state index < -0.39 is 5.60 Å². The third-order valence-corrected chi connectivity index (χ3v) is 4.09. The van der Waals surface area contributed by atoms with Crippen molar-refractivity contribution in [2.45, 2.75) is 18.4 Å². The maximum Gasteiger partial charge on any atom is 0.231 e. The zero-order chi connectivity index (χ0) is 15.7.